The molecule has 1 fully saturated rings. The molecule has 23 heavy (non-hydrogen) atoms. The Morgan fingerprint density at radius 3 is 2.70 bits per heavy atom. The molecule has 1 aromatic heterocycles. The molecule has 2 aliphatic rings. The van der Waals surface area contributed by atoms with Crippen LogP contribution in [0, 0.1) is 0 Å². The van der Waals surface area contributed by atoms with Gasteiger partial charge in [0.25, 0.3) is 5.91 Å². The normalized spacial score (nSPS) is 16.4. The maximum atomic E-state index is 12.4. The van der Waals surface area contributed by atoms with E-state index in [1.807, 2.05) is 30.3 Å². The van der Waals surface area contributed by atoms with Gasteiger partial charge in [-0.15, -0.1) is 0 Å². The molecule has 3 heterocycles. The summed E-state index contributed by atoms with van der Waals surface area (Å²) in [6.07, 6.45) is 4.20. The van der Waals surface area contributed by atoms with Crippen LogP contribution in [0.4, 0.5) is 11.5 Å². The average molecular weight is 308 g/mol. The molecule has 1 saturated heterocycles. The van der Waals surface area contributed by atoms with E-state index in [9.17, 15) is 4.79 Å². The molecule has 4 rings (SSSR count). The molecule has 1 amide bonds. The van der Waals surface area contributed by atoms with Gasteiger partial charge in [0.05, 0.1) is 11.9 Å². The SMILES string of the molecule is O=C(Nc1ccc(N2CCCC2)nc1)c1ccc2c(c1)CNC2. The number of fused-ring (bicyclic) bond motifs is 1. The lowest BCUT2D eigenvalue weighted by atomic mass is 10.1. The molecule has 118 valence electrons. The second kappa shape index (κ2) is 6.01. The lowest BCUT2D eigenvalue weighted by Crippen LogP contribution is -2.19. The summed E-state index contributed by atoms with van der Waals surface area (Å²) in [5.74, 6) is 0.902. The molecule has 0 radical (unpaired) electrons. The summed E-state index contributed by atoms with van der Waals surface area (Å²) in [6, 6.07) is 9.78. The molecule has 0 bridgehead atoms. The third-order valence-electron chi connectivity index (χ3n) is 4.54. The number of anilines is 2. The minimum atomic E-state index is -0.0876. The molecule has 0 aliphatic carbocycles. The molecule has 2 N–H and O–H groups in total. The zero-order valence-electron chi connectivity index (χ0n) is 13.0. The number of carbonyl (C=O) groups excluding carboxylic acids is 1. The van der Waals surface area contributed by atoms with Crippen molar-refractivity contribution >= 4 is 17.4 Å². The number of hydrogen-bond donors (Lipinski definition) is 2. The molecule has 2 aromatic rings. The first-order valence-electron chi connectivity index (χ1n) is 8.14. The fourth-order valence-corrected chi connectivity index (χ4v) is 3.23. The van der Waals surface area contributed by atoms with Crippen molar-refractivity contribution in [2.45, 2.75) is 25.9 Å². The number of aromatic nitrogens is 1. The maximum Gasteiger partial charge on any atom is 0.255 e. The molecule has 0 spiro atoms. The fraction of sp³-hybridized carbons (Fsp3) is 0.333. The molecular formula is C18H20N4O. The summed E-state index contributed by atoms with van der Waals surface area (Å²) in [7, 11) is 0. The van der Waals surface area contributed by atoms with Gasteiger partial charge in [-0.25, -0.2) is 4.98 Å². The van der Waals surface area contributed by atoms with E-state index in [0.29, 0.717) is 5.56 Å². The Morgan fingerprint density at radius 2 is 1.91 bits per heavy atom. The molecule has 0 atom stereocenters. The highest BCUT2D eigenvalue weighted by atomic mass is 16.1. The molecule has 5 nitrogen and oxygen atoms in total. The van der Waals surface area contributed by atoms with E-state index >= 15 is 0 Å². The Hall–Kier alpha value is -2.40. The molecule has 0 saturated carbocycles. The second-order valence-electron chi connectivity index (χ2n) is 6.14. The number of nitrogens with one attached hydrogen (secondary N) is 2. The van der Waals surface area contributed by atoms with Gasteiger partial charge in [0, 0.05) is 31.7 Å². The minimum absolute atomic E-state index is 0.0876. The van der Waals surface area contributed by atoms with E-state index in [0.717, 1.165) is 37.7 Å². The summed E-state index contributed by atoms with van der Waals surface area (Å²) >= 11 is 0. The quantitative estimate of drug-likeness (QED) is 0.915. The van der Waals surface area contributed by atoms with Gasteiger partial charge in [-0.2, -0.15) is 0 Å². The zero-order valence-corrected chi connectivity index (χ0v) is 13.0. The van der Waals surface area contributed by atoms with E-state index < -0.39 is 0 Å². The van der Waals surface area contributed by atoms with Gasteiger partial charge in [0.15, 0.2) is 0 Å². The average Bonchev–Trinajstić information content (AvgIpc) is 3.26. The summed E-state index contributed by atoms with van der Waals surface area (Å²) in [5, 5.41) is 6.22. The van der Waals surface area contributed by atoms with Crippen LogP contribution in [0.1, 0.15) is 34.3 Å². The van der Waals surface area contributed by atoms with Crippen LogP contribution in [0.15, 0.2) is 36.5 Å². The third kappa shape index (κ3) is 2.92. The largest absolute Gasteiger partial charge is 0.357 e. The van der Waals surface area contributed by atoms with Gasteiger partial charge in [0.2, 0.25) is 0 Å². The first kappa shape index (κ1) is 14.2. The van der Waals surface area contributed by atoms with Crippen molar-refractivity contribution in [1.82, 2.24) is 10.3 Å². The Kier molecular flexibility index (Phi) is 3.71. The predicted octanol–water partition coefficient (Wildman–Crippen LogP) is 2.54. The topological polar surface area (TPSA) is 57.3 Å². The van der Waals surface area contributed by atoms with Gasteiger partial charge in [-0.3, -0.25) is 4.79 Å². The number of benzene rings is 1. The van der Waals surface area contributed by atoms with Gasteiger partial charge < -0.3 is 15.5 Å². The predicted molar refractivity (Wildman–Crippen MR) is 90.6 cm³/mol. The minimum Gasteiger partial charge on any atom is -0.357 e. The van der Waals surface area contributed by atoms with Gasteiger partial charge in [0.1, 0.15) is 5.82 Å². The summed E-state index contributed by atoms with van der Waals surface area (Å²) in [4.78, 5) is 19.1. The maximum absolute atomic E-state index is 12.4. The van der Waals surface area contributed by atoms with Crippen LogP contribution in [0.5, 0.6) is 0 Å². The smallest absolute Gasteiger partial charge is 0.255 e. The molecule has 0 unspecified atom stereocenters. The zero-order chi connectivity index (χ0) is 15.6. The van der Waals surface area contributed by atoms with Crippen molar-refractivity contribution in [3.05, 3.63) is 53.2 Å². The number of hydrogen-bond acceptors (Lipinski definition) is 4. The van der Waals surface area contributed by atoms with Crippen LogP contribution >= 0.6 is 0 Å². The second-order valence-corrected chi connectivity index (χ2v) is 6.14. The number of rotatable bonds is 3. The summed E-state index contributed by atoms with van der Waals surface area (Å²) < 4.78 is 0. The van der Waals surface area contributed by atoms with Crippen molar-refractivity contribution < 1.29 is 4.79 Å². The Balaban J connectivity index is 1.46. The molecular weight excluding hydrogens is 288 g/mol. The fourth-order valence-electron chi connectivity index (χ4n) is 3.23. The summed E-state index contributed by atoms with van der Waals surface area (Å²) in [6.45, 7) is 3.87. The first-order valence-corrected chi connectivity index (χ1v) is 8.14. The monoisotopic (exact) mass is 308 g/mol. The standard InChI is InChI=1S/C18H20N4O/c23-18(13-3-4-14-10-19-11-15(14)9-13)21-16-5-6-17(20-12-16)22-7-1-2-8-22/h3-6,9,12,19H,1-2,7-8,10-11H2,(H,21,23). The van der Waals surface area contributed by atoms with E-state index in [1.54, 1.807) is 6.20 Å². The van der Waals surface area contributed by atoms with Crippen LogP contribution in [0.25, 0.3) is 0 Å². The van der Waals surface area contributed by atoms with Crippen LogP contribution in [-0.2, 0) is 13.1 Å². The highest BCUT2D eigenvalue weighted by Gasteiger charge is 2.15. The van der Waals surface area contributed by atoms with Crippen LogP contribution in [0.3, 0.4) is 0 Å². The van der Waals surface area contributed by atoms with Gasteiger partial charge in [-0.1, -0.05) is 6.07 Å². The van der Waals surface area contributed by atoms with Crippen molar-refractivity contribution in [2.75, 3.05) is 23.3 Å². The van der Waals surface area contributed by atoms with Gasteiger partial charge in [-0.05, 0) is 48.2 Å². The number of carbonyl (C=O) groups is 1. The number of pyridine rings is 1. The third-order valence-corrected chi connectivity index (χ3v) is 4.54. The van der Waals surface area contributed by atoms with Crippen molar-refractivity contribution in [3.63, 3.8) is 0 Å². The molecule has 1 aromatic carbocycles. The van der Waals surface area contributed by atoms with Crippen molar-refractivity contribution in [1.29, 1.82) is 0 Å². The van der Waals surface area contributed by atoms with Crippen molar-refractivity contribution in [3.8, 4) is 0 Å². The van der Waals surface area contributed by atoms with Crippen molar-refractivity contribution in [2.24, 2.45) is 0 Å². The highest BCUT2D eigenvalue weighted by Crippen LogP contribution is 2.20. The Morgan fingerprint density at radius 1 is 1.09 bits per heavy atom. The first-order chi connectivity index (χ1) is 11.3. The lowest BCUT2D eigenvalue weighted by molar-refractivity contribution is 0.102. The Bertz CT molecular complexity index is 720. The summed E-state index contributed by atoms with van der Waals surface area (Å²) in [5.41, 5.74) is 3.91. The number of amides is 1. The van der Waals surface area contributed by atoms with E-state index in [1.165, 1.54) is 24.0 Å². The highest BCUT2D eigenvalue weighted by molar-refractivity contribution is 6.04. The van der Waals surface area contributed by atoms with Crippen LogP contribution < -0.4 is 15.5 Å². The van der Waals surface area contributed by atoms with Crippen LogP contribution in [-0.4, -0.2) is 24.0 Å². The number of nitrogens with zero attached hydrogens (tertiary/aromatic N) is 2. The molecule has 5 heteroatoms. The van der Waals surface area contributed by atoms with E-state index in [4.69, 9.17) is 0 Å². The lowest BCUT2D eigenvalue weighted by Gasteiger charge is -2.16. The van der Waals surface area contributed by atoms with Gasteiger partial charge >= 0.3 is 0 Å². The van der Waals surface area contributed by atoms with E-state index in [2.05, 4.69) is 20.5 Å². The molecule has 2 aliphatic heterocycles. The van der Waals surface area contributed by atoms with E-state index in [-0.39, 0.29) is 5.91 Å². The Labute approximate surface area is 135 Å². The van der Waals surface area contributed by atoms with Crippen LogP contribution in [0.2, 0.25) is 0 Å².